The number of allylic oxidation sites excluding steroid dienone is 1. The fraction of sp³-hybridized carbons (Fsp3) is 0.261. The molecule has 0 bridgehead atoms. The Morgan fingerprint density at radius 3 is 2.83 bits per heavy atom. The highest BCUT2D eigenvalue weighted by atomic mass is 32.2. The average Bonchev–Trinajstić information content (AvgIpc) is 3.18. The Hall–Kier alpha value is -3.08. The third-order valence-electron chi connectivity index (χ3n) is 5.48. The van der Waals surface area contributed by atoms with E-state index in [2.05, 4.69) is 38.3 Å². The number of hydrogen-bond acceptors (Lipinski definition) is 6. The summed E-state index contributed by atoms with van der Waals surface area (Å²) in [6.45, 7) is 3.06. The van der Waals surface area contributed by atoms with Crippen molar-refractivity contribution in [1.29, 1.82) is 10.7 Å². The molecular weight excluding hydrogens is 392 g/mol. The highest BCUT2D eigenvalue weighted by molar-refractivity contribution is 7.97. The lowest BCUT2D eigenvalue weighted by molar-refractivity contribution is 0.269. The van der Waals surface area contributed by atoms with Gasteiger partial charge in [-0.15, -0.1) is 0 Å². The Morgan fingerprint density at radius 2 is 2.10 bits per heavy atom. The van der Waals surface area contributed by atoms with Gasteiger partial charge in [0.25, 0.3) is 0 Å². The molecule has 152 valence electrons. The maximum Gasteiger partial charge on any atom is 0.0992 e. The van der Waals surface area contributed by atoms with E-state index >= 15 is 0 Å². The summed E-state index contributed by atoms with van der Waals surface area (Å²) in [5.74, 6) is 0.628. The molecule has 0 saturated carbocycles. The van der Waals surface area contributed by atoms with Crippen molar-refractivity contribution in [3.63, 3.8) is 0 Å². The fourth-order valence-electron chi connectivity index (χ4n) is 3.83. The lowest BCUT2D eigenvalue weighted by Gasteiger charge is -2.31. The first-order valence-electron chi connectivity index (χ1n) is 10.0. The van der Waals surface area contributed by atoms with E-state index in [1.54, 1.807) is 11.9 Å². The van der Waals surface area contributed by atoms with Crippen LogP contribution in [0.4, 0.5) is 0 Å². The normalized spacial score (nSPS) is 15.9. The van der Waals surface area contributed by atoms with Gasteiger partial charge in [0.2, 0.25) is 0 Å². The molecule has 0 spiro atoms. The van der Waals surface area contributed by atoms with Gasteiger partial charge in [0.05, 0.1) is 28.4 Å². The van der Waals surface area contributed by atoms with Crippen molar-refractivity contribution < 1.29 is 0 Å². The molecule has 1 aliphatic rings. The lowest BCUT2D eigenvalue weighted by atomic mass is 9.98. The van der Waals surface area contributed by atoms with E-state index in [4.69, 9.17) is 16.4 Å². The summed E-state index contributed by atoms with van der Waals surface area (Å²) < 4.78 is 4.68. The van der Waals surface area contributed by atoms with E-state index in [0.717, 1.165) is 54.1 Å². The van der Waals surface area contributed by atoms with Crippen molar-refractivity contribution in [2.45, 2.75) is 24.3 Å². The number of aromatic nitrogens is 2. The summed E-state index contributed by atoms with van der Waals surface area (Å²) in [6, 6.07) is 16.0. The van der Waals surface area contributed by atoms with E-state index in [1.165, 1.54) is 12.4 Å². The van der Waals surface area contributed by atoms with Crippen molar-refractivity contribution in [3.8, 4) is 6.07 Å². The van der Waals surface area contributed by atoms with Crippen LogP contribution in [0.15, 0.2) is 59.8 Å². The second-order valence-electron chi connectivity index (χ2n) is 7.44. The highest BCUT2D eigenvalue weighted by Gasteiger charge is 2.21. The first-order chi connectivity index (χ1) is 14.7. The summed E-state index contributed by atoms with van der Waals surface area (Å²) in [7, 11) is 0. The van der Waals surface area contributed by atoms with E-state index < -0.39 is 0 Å². The average molecular weight is 417 g/mol. The number of benzene rings is 1. The molecule has 4 rings (SSSR count). The number of nitrogens with one attached hydrogen (secondary N) is 1. The van der Waals surface area contributed by atoms with Crippen molar-refractivity contribution in [1.82, 2.24) is 13.9 Å². The van der Waals surface area contributed by atoms with Gasteiger partial charge < -0.3 is 15.7 Å². The van der Waals surface area contributed by atoms with Crippen LogP contribution in [-0.2, 0) is 6.54 Å². The van der Waals surface area contributed by atoms with Gasteiger partial charge >= 0.3 is 0 Å². The highest BCUT2D eigenvalue weighted by Crippen LogP contribution is 2.30. The van der Waals surface area contributed by atoms with Crippen LogP contribution >= 0.6 is 11.9 Å². The van der Waals surface area contributed by atoms with Gasteiger partial charge in [0.1, 0.15) is 0 Å². The molecule has 3 aromatic rings. The predicted molar refractivity (Wildman–Crippen MR) is 122 cm³/mol. The smallest absolute Gasteiger partial charge is 0.0992 e. The van der Waals surface area contributed by atoms with Crippen molar-refractivity contribution in [3.05, 3.63) is 66.1 Å². The number of nitriles is 1. The Bertz CT molecular complexity index is 1120. The van der Waals surface area contributed by atoms with Crippen LogP contribution in [0.5, 0.6) is 0 Å². The van der Waals surface area contributed by atoms with Crippen LogP contribution in [0.2, 0.25) is 0 Å². The van der Waals surface area contributed by atoms with Crippen LogP contribution in [0.3, 0.4) is 0 Å². The standard InChI is InChI=1S/C23H24N6S/c24-13-18-2-1-3-20(12-18)30-29-10-6-17(7-11-29)16-28-9-8-22-23(28)5-4-21(27-22)19(14-25)15-26/h1-5,8-9,12,14-15,17,25H,6-7,10-11,16,26H2/b19-15+,25-14?. The van der Waals surface area contributed by atoms with Crippen LogP contribution in [0.25, 0.3) is 16.6 Å². The fourth-order valence-corrected chi connectivity index (χ4v) is 4.84. The molecule has 0 atom stereocenters. The van der Waals surface area contributed by atoms with Gasteiger partial charge in [-0.25, -0.2) is 9.29 Å². The SMILES string of the molecule is N#Cc1cccc(SN2CCC(Cn3ccc4nc(/C(C=N)=C/N)ccc43)CC2)c1. The van der Waals surface area contributed by atoms with Crippen molar-refractivity contribution in [2.75, 3.05) is 13.1 Å². The zero-order chi connectivity index (χ0) is 20.9. The van der Waals surface area contributed by atoms with Gasteiger partial charge in [-0.05, 0) is 67.1 Å². The molecule has 0 radical (unpaired) electrons. The molecule has 3 heterocycles. The van der Waals surface area contributed by atoms with Crippen molar-refractivity contribution in [2.24, 2.45) is 11.7 Å². The van der Waals surface area contributed by atoms with Crippen LogP contribution in [-0.4, -0.2) is 33.2 Å². The molecular formula is C23H24N6S. The number of pyridine rings is 1. The molecule has 2 aromatic heterocycles. The molecule has 6 nitrogen and oxygen atoms in total. The van der Waals surface area contributed by atoms with Gasteiger partial charge in [0, 0.05) is 48.7 Å². The zero-order valence-corrected chi connectivity index (χ0v) is 17.5. The number of rotatable bonds is 6. The Morgan fingerprint density at radius 1 is 1.27 bits per heavy atom. The minimum atomic E-state index is 0.620. The van der Waals surface area contributed by atoms with Crippen LogP contribution < -0.4 is 5.73 Å². The monoisotopic (exact) mass is 416 g/mol. The molecule has 1 saturated heterocycles. The number of nitrogens with zero attached hydrogens (tertiary/aromatic N) is 4. The topological polar surface area (TPSA) is 94.7 Å². The molecule has 1 aliphatic heterocycles. The van der Waals surface area contributed by atoms with Gasteiger partial charge in [-0.1, -0.05) is 6.07 Å². The maximum absolute atomic E-state index is 9.07. The molecule has 0 unspecified atom stereocenters. The number of nitrogens with two attached hydrogens (primary N) is 1. The minimum Gasteiger partial charge on any atom is -0.404 e. The van der Waals surface area contributed by atoms with E-state index in [9.17, 15) is 0 Å². The molecule has 0 aliphatic carbocycles. The third kappa shape index (κ3) is 4.40. The summed E-state index contributed by atoms with van der Waals surface area (Å²) in [5.41, 5.74) is 9.68. The van der Waals surface area contributed by atoms with Gasteiger partial charge in [-0.2, -0.15) is 5.26 Å². The molecule has 1 fully saturated rings. The van der Waals surface area contributed by atoms with Crippen LogP contribution in [0, 0.1) is 22.7 Å². The number of piperidine rings is 1. The summed E-state index contributed by atoms with van der Waals surface area (Å²) in [4.78, 5) is 5.78. The second-order valence-corrected chi connectivity index (χ2v) is 8.61. The van der Waals surface area contributed by atoms with Crippen LogP contribution in [0.1, 0.15) is 24.1 Å². The van der Waals surface area contributed by atoms with E-state index in [1.807, 2.05) is 30.3 Å². The number of hydrogen-bond donors (Lipinski definition) is 2. The lowest BCUT2D eigenvalue weighted by Crippen LogP contribution is -2.30. The Kier molecular flexibility index (Phi) is 6.17. The summed E-state index contributed by atoms with van der Waals surface area (Å²) in [6.07, 6.45) is 7.04. The first-order valence-corrected chi connectivity index (χ1v) is 10.8. The second kappa shape index (κ2) is 9.16. The largest absolute Gasteiger partial charge is 0.404 e. The molecule has 0 amide bonds. The molecule has 7 heteroatoms. The quantitative estimate of drug-likeness (QED) is 0.462. The molecule has 30 heavy (non-hydrogen) atoms. The number of fused-ring (bicyclic) bond motifs is 1. The first kappa shape index (κ1) is 20.2. The molecule has 3 N–H and O–H groups in total. The predicted octanol–water partition coefficient (Wildman–Crippen LogP) is 4.28. The summed E-state index contributed by atoms with van der Waals surface area (Å²) >= 11 is 1.75. The Labute approximate surface area is 180 Å². The third-order valence-corrected chi connectivity index (χ3v) is 6.57. The summed E-state index contributed by atoms with van der Waals surface area (Å²) in [5, 5.41) is 16.5. The maximum atomic E-state index is 9.07. The molecule has 1 aromatic carbocycles. The van der Waals surface area contributed by atoms with Gasteiger partial charge in [-0.3, -0.25) is 0 Å². The van der Waals surface area contributed by atoms with Gasteiger partial charge in [0.15, 0.2) is 0 Å². The van der Waals surface area contributed by atoms with E-state index in [-0.39, 0.29) is 0 Å². The zero-order valence-electron chi connectivity index (χ0n) is 16.7. The van der Waals surface area contributed by atoms with Crippen molar-refractivity contribution >= 4 is 34.8 Å². The Balaban J connectivity index is 1.37. The minimum absolute atomic E-state index is 0.620. The van der Waals surface area contributed by atoms with E-state index in [0.29, 0.717) is 17.1 Å².